The third kappa shape index (κ3) is 4.76. The second-order valence-corrected chi connectivity index (χ2v) is 9.72. The number of halogens is 1. The lowest BCUT2D eigenvalue weighted by Gasteiger charge is -2.30. The molecule has 27 heavy (non-hydrogen) atoms. The number of carbonyl (C=O) groups is 2. The molecular weight excluding hydrogens is 410 g/mol. The Labute approximate surface area is 166 Å². The molecule has 1 fully saturated rings. The van der Waals surface area contributed by atoms with E-state index in [1.54, 1.807) is 41.8 Å². The van der Waals surface area contributed by atoms with E-state index in [0.717, 1.165) is 11.3 Å². The van der Waals surface area contributed by atoms with E-state index in [0.29, 0.717) is 30.0 Å². The summed E-state index contributed by atoms with van der Waals surface area (Å²) in [4.78, 5) is 24.4. The zero-order valence-electron chi connectivity index (χ0n) is 14.3. The van der Waals surface area contributed by atoms with Crippen molar-refractivity contribution in [1.29, 1.82) is 0 Å². The first-order chi connectivity index (χ1) is 12.9. The average Bonchev–Trinajstić information content (AvgIpc) is 3.22. The molecule has 0 radical (unpaired) electrons. The highest BCUT2D eigenvalue weighted by molar-refractivity contribution is 7.91. The van der Waals surface area contributed by atoms with Crippen molar-refractivity contribution in [2.45, 2.75) is 17.1 Å². The summed E-state index contributed by atoms with van der Waals surface area (Å²) in [6, 6.07) is 9.53. The smallest absolute Gasteiger partial charge is 0.310 e. The number of nitrogens with zero attached hydrogens (tertiary/aromatic N) is 1. The van der Waals surface area contributed by atoms with Crippen LogP contribution in [-0.4, -0.2) is 44.2 Å². The Balaban J connectivity index is 1.58. The van der Waals surface area contributed by atoms with E-state index in [4.69, 9.17) is 16.3 Å². The van der Waals surface area contributed by atoms with Crippen molar-refractivity contribution >= 4 is 44.7 Å². The minimum absolute atomic E-state index is 0.0637. The summed E-state index contributed by atoms with van der Waals surface area (Å²) in [6.07, 6.45) is 1.10. The fourth-order valence-electron chi connectivity index (χ4n) is 2.86. The molecule has 0 spiro atoms. The summed E-state index contributed by atoms with van der Waals surface area (Å²) in [6.45, 7) is 0.0521. The second-order valence-electron chi connectivity index (χ2n) is 6.17. The first-order valence-corrected chi connectivity index (χ1v) is 11.1. The molecule has 144 valence electrons. The predicted octanol–water partition coefficient (Wildman–Crippen LogP) is 3.23. The highest BCUT2D eigenvalue weighted by atomic mass is 35.5. The molecular formula is C18H18ClNO5S2. The molecule has 1 unspecified atom stereocenters. The Hall–Kier alpha value is -1.74. The molecule has 0 bridgehead atoms. The Morgan fingerprint density at radius 1 is 1.22 bits per heavy atom. The van der Waals surface area contributed by atoms with E-state index >= 15 is 0 Å². The number of rotatable bonds is 6. The third-order valence-corrected chi connectivity index (χ3v) is 7.81. The molecule has 0 saturated carbocycles. The van der Waals surface area contributed by atoms with Crippen LogP contribution in [0, 0.1) is 5.92 Å². The van der Waals surface area contributed by atoms with Crippen LogP contribution in [0.3, 0.4) is 0 Å². The zero-order chi connectivity index (χ0) is 19.4. The van der Waals surface area contributed by atoms with Crippen LogP contribution < -0.4 is 0 Å². The number of benzene rings is 1. The second kappa shape index (κ2) is 8.52. The molecule has 0 N–H and O–H groups in total. The molecule has 1 saturated heterocycles. The van der Waals surface area contributed by atoms with Gasteiger partial charge in [0.15, 0.2) is 12.4 Å². The summed E-state index contributed by atoms with van der Waals surface area (Å²) in [5.74, 6) is -1.46. The van der Waals surface area contributed by atoms with Gasteiger partial charge < -0.3 is 4.74 Å². The Kier molecular flexibility index (Phi) is 6.31. The fourth-order valence-corrected chi connectivity index (χ4v) is 5.66. The number of thiophene rings is 1. The highest BCUT2D eigenvalue weighted by Gasteiger charge is 2.34. The summed E-state index contributed by atoms with van der Waals surface area (Å²) in [5.41, 5.74) is 0.401. The summed E-state index contributed by atoms with van der Waals surface area (Å²) in [7, 11) is -3.60. The summed E-state index contributed by atoms with van der Waals surface area (Å²) < 4.78 is 31.9. The van der Waals surface area contributed by atoms with Crippen molar-refractivity contribution in [3.63, 3.8) is 0 Å². The number of Topliss-reactive ketones (excluding diaryl/α,β-unsaturated/α-hetero) is 1. The zero-order valence-corrected chi connectivity index (χ0v) is 16.7. The van der Waals surface area contributed by atoms with E-state index in [-0.39, 0.29) is 23.1 Å². The van der Waals surface area contributed by atoms with Gasteiger partial charge >= 0.3 is 5.97 Å². The third-order valence-electron chi connectivity index (χ3n) is 4.32. The number of hydrogen-bond donors (Lipinski definition) is 0. The SMILES string of the molecule is O=C(COC(=O)C1CCCN(S(=O)(=O)c2cccs2)C1)c1ccc(Cl)cc1. The molecule has 6 nitrogen and oxygen atoms in total. The van der Waals surface area contributed by atoms with Crippen molar-refractivity contribution in [2.75, 3.05) is 19.7 Å². The molecule has 1 aromatic heterocycles. The minimum atomic E-state index is -3.60. The van der Waals surface area contributed by atoms with Crippen LogP contribution in [0.15, 0.2) is 46.0 Å². The lowest BCUT2D eigenvalue weighted by Crippen LogP contribution is -2.42. The van der Waals surface area contributed by atoms with E-state index in [2.05, 4.69) is 0 Å². The van der Waals surface area contributed by atoms with Crippen LogP contribution in [0.5, 0.6) is 0 Å². The maximum absolute atomic E-state index is 12.6. The Morgan fingerprint density at radius 3 is 2.63 bits per heavy atom. The number of esters is 1. The highest BCUT2D eigenvalue weighted by Crippen LogP contribution is 2.26. The predicted molar refractivity (Wildman–Crippen MR) is 103 cm³/mol. The van der Waals surface area contributed by atoms with Crippen LogP contribution in [0.25, 0.3) is 0 Å². The van der Waals surface area contributed by atoms with E-state index in [1.807, 2.05) is 0 Å². The molecule has 9 heteroatoms. The first kappa shape index (κ1) is 20.0. The first-order valence-electron chi connectivity index (χ1n) is 8.37. The van der Waals surface area contributed by atoms with E-state index in [9.17, 15) is 18.0 Å². The molecule has 1 aliphatic heterocycles. The van der Waals surface area contributed by atoms with Gasteiger partial charge in [-0.2, -0.15) is 4.31 Å². The van der Waals surface area contributed by atoms with Gasteiger partial charge in [0.05, 0.1) is 5.92 Å². The minimum Gasteiger partial charge on any atom is -0.457 e. The van der Waals surface area contributed by atoms with Crippen LogP contribution in [-0.2, 0) is 19.6 Å². The Bertz CT molecular complexity index is 910. The van der Waals surface area contributed by atoms with Crippen LogP contribution in [0.2, 0.25) is 5.02 Å². The Morgan fingerprint density at radius 2 is 1.96 bits per heavy atom. The number of ketones is 1. The topological polar surface area (TPSA) is 80.8 Å². The maximum Gasteiger partial charge on any atom is 0.310 e. The average molecular weight is 428 g/mol. The van der Waals surface area contributed by atoms with Crippen LogP contribution in [0.1, 0.15) is 23.2 Å². The molecule has 2 heterocycles. The monoisotopic (exact) mass is 427 g/mol. The molecule has 1 atom stereocenters. The van der Waals surface area contributed by atoms with Gasteiger partial charge in [-0.15, -0.1) is 11.3 Å². The summed E-state index contributed by atoms with van der Waals surface area (Å²) >= 11 is 6.93. The quantitative estimate of drug-likeness (QED) is 0.522. The lowest BCUT2D eigenvalue weighted by atomic mass is 10.00. The number of hydrogen-bond acceptors (Lipinski definition) is 6. The van der Waals surface area contributed by atoms with Gasteiger partial charge in [-0.1, -0.05) is 17.7 Å². The molecule has 0 amide bonds. The van der Waals surface area contributed by atoms with Gasteiger partial charge in [0.2, 0.25) is 0 Å². The van der Waals surface area contributed by atoms with Gasteiger partial charge in [-0.25, -0.2) is 8.42 Å². The normalized spacial score (nSPS) is 18.2. The van der Waals surface area contributed by atoms with Gasteiger partial charge in [-0.05, 0) is 48.6 Å². The molecule has 1 aromatic carbocycles. The fraction of sp³-hybridized carbons (Fsp3) is 0.333. The number of piperidine rings is 1. The standard InChI is InChI=1S/C18H18ClNO5S2/c19-15-7-5-13(6-8-15)16(21)12-25-18(22)14-3-1-9-20(11-14)27(23,24)17-4-2-10-26-17/h2,4-8,10,14H,1,3,9,11-12H2. The van der Waals surface area contributed by atoms with E-state index in [1.165, 1.54) is 4.31 Å². The van der Waals surface area contributed by atoms with Gasteiger partial charge in [-0.3, -0.25) is 9.59 Å². The molecule has 3 rings (SSSR count). The maximum atomic E-state index is 12.6. The number of carbonyl (C=O) groups excluding carboxylic acids is 2. The van der Waals surface area contributed by atoms with Crippen molar-refractivity contribution in [1.82, 2.24) is 4.31 Å². The van der Waals surface area contributed by atoms with E-state index < -0.39 is 21.9 Å². The van der Waals surface area contributed by atoms with Crippen molar-refractivity contribution in [3.8, 4) is 0 Å². The van der Waals surface area contributed by atoms with Gasteiger partial charge in [0.1, 0.15) is 4.21 Å². The van der Waals surface area contributed by atoms with Crippen LogP contribution >= 0.6 is 22.9 Å². The molecule has 2 aromatic rings. The summed E-state index contributed by atoms with van der Waals surface area (Å²) in [5, 5.41) is 2.21. The van der Waals surface area contributed by atoms with Crippen molar-refractivity contribution < 1.29 is 22.7 Å². The van der Waals surface area contributed by atoms with Crippen molar-refractivity contribution in [2.24, 2.45) is 5.92 Å². The molecule has 1 aliphatic rings. The van der Waals surface area contributed by atoms with Crippen molar-refractivity contribution in [3.05, 3.63) is 52.4 Å². The number of ether oxygens (including phenoxy) is 1. The van der Waals surface area contributed by atoms with Gasteiger partial charge in [0, 0.05) is 23.7 Å². The largest absolute Gasteiger partial charge is 0.457 e. The van der Waals surface area contributed by atoms with Gasteiger partial charge in [0.25, 0.3) is 10.0 Å². The number of sulfonamides is 1. The van der Waals surface area contributed by atoms with Crippen LogP contribution in [0.4, 0.5) is 0 Å². The lowest BCUT2D eigenvalue weighted by molar-refractivity contribution is -0.148. The molecule has 0 aliphatic carbocycles.